The van der Waals surface area contributed by atoms with Crippen molar-refractivity contribution in [1.29, 1.82) is 0 Å². The average molecular weight is 280 g/mol. The van der Waals surface area contributed by atoms with Gasteiger partial charge in [0.25, 0.3) is 11.9 Å². The monoisotopic (exact) mass is 280 g/mol. The van der Waals surface area contributed by atoms with Gasteiger partial charge in [0.2, 0.25) is 0 Å². The van der Waals surface area contributed by atoms with Crippen LogP contribution in [0.25, 0.3) is 0 Å². The summed E-state index contributed by atoms with van der Waals surface area (Å²) in [6, 6.07) is 0. The molecule has 0 saturated heterocycles. The highest BCUT2D eigenvalue weighted by molar-refractivity contribution is 6.54. The highest BCUT2D eigenvalue weighted by Crippen LogP contribution is 2.39. The van der Waals surface area contributed by atoms with Gasteiger partial charge in [0.15, 0.2) is 0 Å². The van der Waals surface area contributed by atoms with Gasteiger partial charge >= 0.3 is 14.1 Å². The summed E-state index contributed by atoms with van der Waals surface area (Å²) in [6.07, 6.45) is 4.51. The molecule has 0 aromatic heterocycles. The summed E-state index contributed by atoms with van der Waals surface area (Å²) in [4.78, 5) is 23.3. The molecule has 0 aromatic carbocycles. The maximum absolute atomic E-state index is 11.7. The maximum atomic E-state index is 11.7. The van der Waals surface area contributed by atoms with Crippen molar-refractivity contribution in [1.82, 2.24) is 10.5 Å². The van der Waals surface area contributed by atoms with Crippen LogP contribution in [0.5, 0.6) is 0 Å². The minimum Gasteiger partial charge on any atom is -0.520 e. The van der Waals surface area contributed by atoms with Crippen LogP contribution >= 0.6 is 0 Å². The fourth-order valence-electron chi connectivity index (χ4n) is 2.18. The molecular formula is C12H22B2N2O4. The Hall–Kier alpha value is -1.01. The molecule has 110 valence electrons. The molecule has 0 radical (unpaired) electrons. The van der Waals surface area contributed by atoms with Gasteiger partial charge in [-0.05, 0) is 25.7 Å². The molecule has 2 fully saturated rings. The highest BCUT2D eigenvalue weighted by Gasteiger charge is 2.40. The van der Waals surface area contributed by atoms with E-state index in [-0.39, 0.29) is 38.9 Å². The first-order valence-electron chi connectivity index (χ1n) is 7.37. The Morgan fingerprint density at radius 1 is 0.900 bits per heavy atom. The molecule has 2 saturated carbocycles. The van der Waals surface area contributed by atoms with Crippen molar-refractivity contribution in [2.24, 2.45) is 0 Å². The van der Waals surface area contributed by atoms with E-state index in [0.29, 0.717) is 11.6 Å². The standard InChI is InChI=1S/C12H22B2N2O4/c1-15-13(9-3-4-9)19-11(17)7-8-12(18)20-14(16-2)10-5-6-10/h9-10,15-16H,3-8H2,1-2H3. The smallest absolute Gasteiger partial charge is 0.451 e. The Kier molecular flexibility index (Phi) is 5.48. The molecule has 2 aliphatic rings. The molecule has 0 heterocycles. The quantitative estimate of drug-likeness (QED) is 0.602. The zero-order valence-electron chi connectivity index (χ0n) is 12.2. The van der Waals surface area contributed by atoms with E-state index in [4.69, 9.17) is 9.31 Å². The number of hydrogen-bond acceptors (Lipinski definition) is 6. The van der Waals surface area contributed by atoms with Crippen LogP contribution < -0.4 is 10.5 Å². The van der Waals surface area contributed by atoms with Crippen molar-refractivity contribution in [2.45, 2.75) is 50.2 Å². The first-order chi connectivity index (χ1) is 9.63. The Morgan fingerprint density at radius 2 is 1.25 bits per heavy atom. The molecule has 0 unspecified atom stereocenters. The molecule has 2 aliphatic carbocycles. The highest BCUT2D eigenvalue weighted by atomic mass is 16.5. The molecule has 0 bridgehead atoms. The zero-order valence-corrected chi connectivity index (χ0v) is 12.2. The molecule has 6 nitrogen and oxygen atoms in total. The van der Waals surface area contributed by atoms with Gasteiger partial charge < -0.3 is 19.8 Å². The van der Waals surface area contributed by atoms with Crippen molar-refractivity contribution in [3.05, 3.63) is 0 Å². The van der Waals surface area contributed by atoms with Crippen LogP contribution in [0.1, 0.15) is 38.5 Å². The summed E-state index contributed by atoms with van der Waals surface area (Å²) in [5.74, 6) is 0.167. The van der Waals surface area contributed by atoms with E-state index in [2.05, 4.69) is 10.5 Å². The summed E-state index contributed by atoms with van der Waals surface area (Å²) >= 11 is 0. The lowest BCUT2D eigenvalue weighted by Gasteiger charge is -2.13. The van der Waals surface area contributed by atoms with Gasteiger partial charge in [0.1, 0.15) is 0 Å². The largest absolute Gasteiger partial charge is 0.520 e. The topological polar surface area (TPSA) is 76.7 Å². The van der Waals surface area contributed by atoms with E-state index in [0.717, 1.165) is 25.7 Å². The van der Waals surface area contributed by atoms with E-state index >= 15 is 0 Å². The van der Waals surface area contributed by atoms with Gasteiger partial charge in [-0.3, -0.25) is 9.59 Å². The van der Waals surface area contributed by atoms with Gasteiger partial charge in [0, 0.05) is 0 Å². The first kappa shape index (κ1) is 15.4. The lowest BCUT2D eigenvalue weighted by atomic mass is 9.76. The molecule has 0 aliphatic heterocycles. The average Bonchev–Trinajstić information content (AvgIpc) is 3.29. The van der Waals surface area contributed by atoms with E-state index in [1.54, 1.807) is 14.1 Å². The maximum Gasteiger partial charge on any atom is 0.451 e. The van der Waals surface area contributed by atoms with Crippen molar-refractivity contribution in [2.75, 3.05) is 14.1 Å². The number of carbonyl (C=O) groups is 2. The SMILES string of the molecule is CNB(OC(=O)CCC(=O)OB(NC)C1CC1)C1CC1. The van der Waals surface area contributed by atoms with E-state index in [9.17, 15) is 9.59 Å². The molecular weight excluding hydrogens is 258 g/mol. The normalized spacial score (nSPS) is 17.5. The number of carbonyl (C=O) groups excluding carboxylic acids is 2. The van der Waals surface area contributed by atoms with Crippen LogP contribution in [-0.2, 0) is 18.9 Å². The van der Waals surface area contributed by atoms with Crippen LogP contribution in [0.4, 0.5) is 0 Å². The first-order valence-corrected chi connectivity index (χ1v) is 7.37. The molecule has 2 rings (SSSR count). The van der Waals surface area contributed by atoms with Crippen molar-refractivity contribution >= 4 is 26.0 Å². The van der Waals surface area contributed by atoms with Gasteiger partial charge in [-0.1, -0.05) is 25.7 Å². The molecule has 2 N–H and O–H groups in total. The van der Waals surface area contributed by atoms with E-state index in [1.807, 2.05) is 0 Å². The molecule has 20 heavy (non-hydrogen) atoms. The van der Waals surface area contributed by atoms with Gasteiger partial charge in [-0.15, -0.1) is 0 Å². The van der Waals surface area contributed by atoms with Crippen molar-refractivity contribution in [3.63, 3.8) is 0 Å². The predicted octanol–water partition coefficient (Wildman–Crippen LogP) is 0.596. The lowest BCUT2D eigenvalue weighted by Crippen LogP contribution is -2.38. The van der Waals surface area contributed by atoms with Crippen molar-refractivity contribution in [3.8, 4) is 0 Å². The Bertz CT molecular complexity index is 327. The van der Waals surface area contributed by atoms with Gasteiger partial charge in [0.05, 0.1) is 12.8 Å². The van der Waals surface area contributed by atoms with E-state index < -0.39 is 0 Å². The minimum atomic E-state index is -0.347. The number of rotatable bonds is 9. The Labute approximate surface area is 120 Å². The van der Waals surface area contributed by atoms with Crippen LogP contribution in [0.2, 0.25) is 11.6 Å². The van der Waals surface area contributed by atoms with Gasteiger partial charge in [-0.25, -0.2) is 0 Å². The van der Waals surface area contributed by atoms with Crippen LogP contribution in [0.3, 0.4) is 0 Å². The Balaban J connectivity index is 1.63. The molecule has 0 aromatic rings. The summed E-state index contributed by atoms with van der Waals surface area (Å²) in [5.41, 5.74) is 0. The molecule has 0 atom stereocenters. The predicted molar refractivity (Wildman–Crippen MR) is 77.0 cm³/mol. The van der Waals surface area contributed by atoms with Gasteiger partial charge in [-0.2, -0.15) is 0 Å². The van der Waals surface area contributed by atoms with Crippen LogP contribution in [0.15, 0.2) is 0 Å². The summed E-state index contributed by atoms with van der Waals surface area (Å²) in [7, 11) is 3.13. The fraction of sp³-hybridized carbons (Fsp3) is 0.833. The molecule has 0 amide bonds. The fourth-order valence-corrected chi connectivity index (χ4v) is 2.18. The minimum absolute atomic E-state index is 0.0742. The Morgan fingerprint density at radius 3 is 1.50 bits per heavy atom. The summed E-state index contributed by atoms with van der Waals surface area (Å²) in [6.45, 7) is 0. The van der Waals surface area contributed by atoms with Crippen LogP contribution in [-0.4, -0.2) is 40.1 Å². The second kappa shape index (κ2) is 7.13. The summed E-state index contributed by atoms with van der Waals surface area (Å²) < 4.78 is 10.6. The second-order valence-electron chi connectivity index (χ2n) is 5.57. The van der Waals surface area contributed by atoms with E-state index in [1.165, 1.54) is 0 Å². The lowest BCUT2D eigenvalue weighted by molar-refractivity contribution is -0.141. The third kappa shape index (κ3) is 4.83. The summed E-state index contributed by atoms with van der Waals surface area (Å²) in [5, 5.41) is 5.96. The number of hydrogen-bond donors (Lipinski definition) is 2. The van der Waals surface area contributed by atoms with Crippen LogP contribution in [0, 0.1) is 0 Å². The van der Waals surface area contributed by atoms with Crippen molar-refractivity contribution < 1.29 is 18.9 Å². The molecule has 0 spiro atoms. The second-order valence-corrected chi connectivity index (χ2v) is 5.57. The number of nitrogens with one attached hydrogen (secondary N) is 2. The zero-order chi connectivity index (χ0) is 14.5. The third-order valence-electron chi connectivity index (χ3n) is 3.72. The third-order valence-corrected chi connectivity index (χ3v) is 3.72. The molecule has 8 heteroatoms.